The lowest BCUT2D eigenvalue weighted by Gasteiger charge is -2.38. The monoisotopic (exact) mass is 500 g/mol. The summed E-state index contributed by atoms with van der Waals surface area (Å²) in [5, 5.41) is 14.6. The van der Waals surface area contributed by atoms with E-state index in [0.29, 0.717) is 30.8 Å². The van der Waals surface area contributed by atoms with Crippen molar-refractivity contribution in [2.75, 3.05) is 19.6 Å². The second-order valence-corrected chi connectivity index (χ2v) is 9.82. The molecule has 1 N–H and O–H groups in total. The van der Waals surface area contributed by atoms with Crippen molar-refractivity contribution in [1.29, 1.82) is 0 Å². The van der Waals surface area contributed by atoms with E-state index in [1.165, 1.54) is 23.5 Å². The highest BCUT2D eigenvalue weighted by molar-refractivity contribution is 6.08. The number of hydrogen-bond acceptors (Lipinski definition) is 7. The van der Waals surface area contributed by atoms with Gasteiger partial charge in [0.15, 0.2) is 0 Å². The Morgan fingerprint density at radius 2 is 1.97 bits per heavy atom. The zero-order chi connectivity index (χ0) is 26.2. The van der Waals surface area contributed by atoms with Crippen LogP contribution in [0.4, 0.5) is 10.5 Å². The molecule has 1 heterocycles. The van der Waals surface area contributed by atoms with Crippen molar-refractivity contribution >= 4 is 29.2 Å². The normalized spacial score (nSPS) is 20.8. The van der Waals surface area contributed by atoms with Gasteiger partial charge < -0.3 is 15.0 Å². The number of non-ortho nitro benzene ring substituents is 1. The number of Topliss-reactive ketones (excluding diaryl/α,β-unsaturated/α-hetero) is 1. The lowest BCUT2D eigenvalue weighted by molar-refractivity contribution is -0.385. The highest BCUT2D eigenvalue weighted by Crippen LogP contribution is 2.36. The number of urea groups is 1. The summed E-state index contributed by atoms with van der Waals surface area (Å²) in [7, 11) is 0. The van der Waals surface area contributed by atoms with Gasteiger partial charge in [0.25, 0.3) is 5.69 Å². The van der Waals surface area contributed by atoms with Crippen molar-refractivity contribution in [3.63, 3.8) is 0 Å². The first-order valence-corrected chi connectivity index (χ1v) is 12.7. The van der Waals surface area contributed by atoms with Crippen LogP contribution in [-0.2, 0) is 14.3 Å². The first kappa shape index (κ1) is 27.4. The maximum Gasteiger partial charge on any atom is 0.344 e. The number of nitrogens with one attached hydrogen (secondary N) is 1. The molecule has 196 valence electrons. The number of benzene rings is 1. The van der Waals surface area contributed by atoms with Crippen LogP contribution in [0.5, 0.6) is 0 Å². The van der Waals surface area contributed by atoms with Gasteiger partial charge in [0, 0.05) is 30.3 Å². The minimum Gasteiger partial charge on any atom is -0.462 e. The number of hydrogen-bond donors (Lipinski definition) is 1. The van der Waals surface area contributed by atoms with E-state index in [4.69, 9.17) is 4.74 Å². The third kappa shape index (κ3) is 6.96. The number of esters is 1. The van der Waals surface area contributed by atoms with E-state index < -0.39 is 28.9 Å². The van der Waals surface area contributed by atoms with E-state index in [1.54, 1.807) is 32.9 Å². The Morgan fingerprint density at radius 3 is 2.64 bits per heavy atom. The Labute approximate surface area is 211 Å². The average Bonchev–Trinajstić information content (AvgIpc) is 2.84. The van der Waals surface area contributed by atoms with Gasteiger partial charge in [0.2, 0.25) is 0 Å². The van der Waals surface area contributed by atoms with E-state index in [0.717, 1.165) is 25.7 Å². The lowest BCUT2D eigenvalue weighted by Crippen LogP contribution is -2.48. The molecule has 1 aromatic rings. The SMILES string of the molecule is CC1=NC(=O)N(CCCNCC(=O)C2CCCCC2)C(c2cccc([N+](=O)[O-])c2)C1C(=O)OC(C)C. The summed E-state index contributed by atoms with van der Waals surface area (Å²) >= 11 is 0. The summed E-state index contributed by atoms with van der Waals surface area (Å²) in [6, 6.07) is 4.68. The molecule has 3 rings (SSSR count). The third-order valence-electron chi connectivity index (χ3n) is 6.76. The standard InChI is InChI=1S/C26H36N4O6/c1-17(2)36-25(32)23-18(3)28-26(33)29(24(23)20-11-7-12-21(15-20)30(34)35)14-8-13-27-16-22(31)19-9-5-4-6-10-19/h7,11-12,15,17,19,23-24,27H,4-6,8-10,13-14,16H2,1-3H3. The van der Waals surface area contributed by atoms with Crippen molar-refractivity contribution in [2.45, 2.75) is 71.4 Å². The van der Waals surface area contributed by atoms with E-state index in [2.05, 4.69) is 10.3 Å². The summed E-state index contributed by atoms with van der Waals surface area (Å²) in [4.78, 5) is 54.9. The van der Waals surface area contributed by atoms with Gasteiger partial charge in [0.1, 0.15) is 11.7 Å². The zero-order valence-corrected chi connectivity index (χ0v) is 21.3. The van der Waals surface area contributed by atoms with Gasteiger partial charge in [-0.1, -0.05) is 31.4 Å². The predicted octanol–water partition coefficient (Wildman–Crippen LogP) is 4.23. The van der Waals surface area contributed by atoms with Crippen LogP contribution in [0.3, 0.4) is 0 Å². The Hall–Kier alpha value is -3.14. The molecule has 2 unspecified atom stereocenters. The summed E-state index contributed by atoms with van der Waals surface area (Å²) < 4.78 is 5.46. The quantitative estimate of drug-likeness (QED) is 0.208. The molecular weight excluding hydrogens is 464 g/mol. The molecule has 1 aromatic carbocycles. The number of ketones is 1. The van der Waals surface area contributed by atoms with Crippen LogP contribution < -0.4 is 5.32 Å². The number of aliphatic imine (C=N–C) groups is 1. The molecule has 2 aliphatic rings. The van der Waals surface area contributed by atoms with Crippen molar-refractivity contribution in [3.05, 3.63) is 39.9 Å². The number of rotatable bonds is 11. The summed E-state index contributed by atoms with van der Waals surface area (Å²) in [5.74, 6) is -1.04. The van der Waals surface area contributed by atoms with Crippen LogP contribution in [0.25, 0.3) is 0 Å². The van der Waals surface area contributed by atoms with Crippen LogP contribution in [-0.4, -0.2) is 59.1 Å². The Balaban J connectivity index is 1.74. The number of nitro groups is 1. The smallest absolute Gasteiger partial charge is 0.344 e. The van der Waals surface area contributed by atoms with Crippen LogP contribution in [0.1, 0.15) is 70.9 Å². The average molecular weight is 501 g/mol. The fraction of sp³-hybridized carbons (Fsp3) is 0.615. The molecule has 0 aromatic heterocycles. The molecule has 10 nitrogen and oxygen atoms in total. The minimum atomic E-state index is -0.882. The molecule has 2 amide bonds. The first-order valence-electron chi connectivity index (χ1n) is 12.7. The molecule has 0 radical (unpaired) electrons. The van der Waals surface area contributed by atoms with Crippen molar-refractivity contribution in [2.24, 2.45) is 16.8 Å². The van der Waals surface area contributed by atoms with Gasteiger partial charge in [-0.3, -0.25) is 19.7 Å². The van der Waals surface area contributed by atoms with Crippen LogP contribution >= 0.6 is 0 Å². The molecule has 10 heteroatoms. The van der Waals surface area contributed by atoms with Gasteiger partial charge in [-0.2, -0.15) is 0 Å². The van der Waals surface area contributed by atoms with Crippen LogP contribution in [0.2, 0.25) is 0 Å². The van der Waals surface area contributed by atoms with Gasteiger partial charge in [-0.05, 0) is 52.1 Å². The Bertz CT molecular complexity index is 1000. The lowest BCUT2D eigenvalue weighted by atomic mass is 9.86. The van der Waals surface area contributed by atoms with Gasteiger partial charge in [-0.15, -0.1) is 0 Å². The van der Waals surface area contributed by atoms with Gasteiger partial charge in [0.05, 0.1) is 23.6 Å². The van der Waals surface area contributed by atoms with Crippen molar-refractivity contribution in [1.82, 2.24) is 10.2 Å². The van der Waals surface area contributed by atoms with Gasteiger partial charge in [-0.25, -0.2) is 9.79 Å². The molecular formula is C26H36N4O6. The molecule has 0 saturated heterocycles. The number of carbonyl (C=O) groups excluding carboxylic acids is 3. The largest absolute Gasteiger partial charge is 0.462 e. The van der Waals surface area contributed by atoms with E-state index in [-0.39, 0.29) is 30.0 Å². The number of ether oxygens (including phenoxy) is 1. The molecule has 1 aliphatic carbocycles. The third-order valence-corrected chi connectivity index (χ3v) is 6.76. The zero-order valence-electron chi connectivity index (χ0n) is 21.3. The summed E-state index contributed by atoms with van der Waals surface area (Å²) in [6.45, 7) is 6.14. The Kier molecular flexibility index (Phi) is 9.69. The first-order chi connectivity index (χ1) is 17.2. The fourth-order valence-electron chi connectivity index (χ4n) is 5.00. The Morgan fingerprint density at radius 1 is 1.25 bits per heavy atom. The highest BCUT2D eigenvalue weighted by Gasteiger charge is 2.43. The molecule has 2 atom stereocenters. The van der Waals surface area contributed by atoms with Gasteiger partial charge >= 0.3 is 12.0 Å². The van der Waals surface area contributed by atoms with E-state index >= 15 is 0 Å². The van der Waals surface area contributed by atoms with E-state index in [1.807, 2.05) is 0 Å². The van der Waals surface area contributed by atoms with Crippen molar-refractivity contribution < 1.29 is 24.0 Å². The maximum atomic E-state index is 13.1. The number of carbonyl (C=O) groups is 3. The topological polar surface area (TPSA) is 131 Å². The van der Waals surface area contributed by atoms with Crippen LogP contribution in [0.15, 0.2) is 29.3 Å². The molecule has 36 heavy (non-hydrogen) atoms. The molecule has 1 saturated carbocycles. The predicted molar refractivity (Wildman–Crippen MR) is 135 cm³/mol. The molecule has 0 bridgehead atoms. The number of nitrogens with zero attached hydrogens (tertiary/aromatic N) is 3. The highest BCUT2D eigenvalue weighted by atomic mass is 16.6. The summed E-state index contributed by atoms with van der Waals surface area (Å²) in [5.41, 5.74) is 0.659. The van der Waals surface area contributed by atoms with Crippen molar-refractivity contribution in [3.8, 4) is 0 Å². The second kappa shape index (κ2) is 12.7. The number of nitro benzene ring substituents is 1. The van der Waals surface area contributed by atoms with Crippen LogP contribution in [0, 0.1) is 22.0 Å². The molecule has 1 fully saturated rings. The molecule has 1 aliphatic heterocycles. The second-order valence-electron chi connectivity index (χ2n) is 9.82. The summed E-state index contributed by atoms with van der Waals surface area (Å²) in [6.07, 6.45) is 5.47. The maximum absolute atomic E-state index is 13.1. The number of amides is 2. The minimum absolute atomic E-state index is 0.126. The molecule has 0 spiro atoms. The fourth-order valence-corrected chi connectivity index (χ4v) is 5.00. The van der Waals surface area contributed by atoms with E-state index in [9.17, 15) is 24.5 Å².